The van der Waals surface area contributed by atoms with E-state index in [1.807, 2.05) is 42.1 Å². The number of carbonyl (C=O) groups is 1. The first-order valence-corrected chi connectivity index (χ1v) is 8.45. The van der Waals surface area contributed by atoms with Gasteiger partial charge in [0, 0.05) is 36.1 Å². The predicted molar refractivity (Wildman–Crippen MR) is 97.1 cm³/mol. The second-order valence-electron chi connectivity index (χ2n) is 5.14. The number of carbonyl (C=O) groups excluding carboxylic acids is 1. The van der Waals surface area contributed by atoms with Gasteiger partial charge in [0.25, 0.3) is 0 Å². The Hall–Kier alpha value is -1.63. The molecular formula is C16H19ClN4OS. The zero-order chi connectivity index (χ0) is 15.2. The van der Waals surface area contributed by atoms with Crippen molar-refractivity contribution < 1.29 is 4.79 Å². The Morgan fingerprint density at radius 1 is 1.26 bits per heavy atom. The molecule has 7 heteroatoms. The molecule has 0 saturated carbocycles. The van der Waals surface area contributed by atoms with Crippen LogP contribution < -0.4 is 10.6 Å². The molecule has 3 rings (SSSR count). The summed E-state index contributed by atoms with van der Waals surface area (Å²) in [6, 6.07) is 10.0. The van der Waals surface area contributed by atoms with Gasteiger partial charge in [0.1, 0.15) is 0 Å². The predicted octanol–water partition coefficient (Wildman–Crippen LogP) is 2.60. The lowest BCUT2D eigenvalue weighted by Crippen LogP contribution is -2.39. The highest BCUT2D eigenvalue weighted by Crippen LogP contribution is 2.15. The Morgan fingerprint density at radius 2 is 2.00 bits per heavy atom. The summed E-state index contributed by atoms with van der Waals surface area (Å²) in [5.41, 5.74) is 1.59. The number of amides is 1. The standard InChI is InChI=1S/C16H18N4OS.ClH/c21-15(8-13-11-22-7-6-17-13)20-14-9-18-16(19-10-14)12-4-2-1-3-5-12;/h1-5,9-10,13,17H,6-8,11H2,(H,20,21);1H. The van der Waals surface area contributed by atoms with Crippen LogP contribution in [0.2, 0.25) is 0 Å². The highest BCUT2D eigenvalue weighted by molar-refractivity contribution is 7.99. The third kappa shape index (κ3) is 5.20. The minimum Gasteiger partial charge on any atom is -0.323 e. The fourth-order valence-corrected chi connectivity index (χ4v) is 3.26. The Labute approximate surface area is 146 Å². The van der Waals surface area contributed by atoms with Gasteiger partial charge < -0.3 is 10.6 Å². The van der Waals surface area contributed by atoms with Crippen LogP contribution in [-0.4, -0.2) is 40.0 Å². The second-order valence-corrected chi connectivity index (χ2v) is 6.29. The summed E-state index contributed by atoms with van der Waals surface area (Å²) in [6.07, 6.45) is 3.78. The second kappa shape index (κ2) is 8.86. The van der Waals surface area contributed by atoms with Crippen molar-refractivity contribution in [1.29, 1.82) is 0 Å². The molecule has 0 spiro atoms. The van der Waals surface area contributed by atoms with Gasteiger partial charge in [-0.1, -0.05) is 30.3 Å². The summed E-state index contributed by atoms with van der Waals surface area (Å²) in [5, 5.41) is 6.21. The van der Waals surface area contributed by atoms with Gasteiger partial charge in [0.05, 0.1) is 18.1 Å². The van der Waals surface area contributed by atoms with E-state index in [0.717, 1.165) is 23.6 Å². The van der Waals surface area contributed by atoms with Gasteiger partial charge in [-0.3, -0.25) is 4.79 Å². The zero-order valence-corrected chi connectivity index (χ0v) is 14.2. The molecule has 1 unspecified atom stereocenters. The third-order valence-electron chi connectivity index (χ3n) is 3.40. The van der Waals surface area contributed by atoms with Gasteiger partial charge in [0.2, 0.25) is 5.91 Å². The SMILES string of the molecule is Cl.O=C(CC1CSCCN1)Nc1cnc(-c2ccccc2)nc1. The van der Waals surface area contributed by atoms with Crippen molar-refractivity contribution >= 4 is 35.8 Å². The number of hydrogen-bond acceptors (Lipinski definition) is 5. The van der Waals surface area contributed by atoms with Crippen LogP contribution >= 0.6 is 24.2 Å². The normalized spacial score (nSPS) is 17.1. The quantitative estimate of drug-likeness (QED) is 0.887. The molecule has 1 aromatic carbocycles. The number of rotatable bonds is 4. The maximum atomic E-state index is 12.0. The zero-order valence-electron chi connectivity index (χ0n) is 12.6. The molecule has 2 heterocycles. The van der Waals surface area contributed by atoms with Crippen molar-refractivity contribution in [2.45, 2.75) is 12.5 Å². The molecule has 0 radical (unpaired) electrons. The van der Waals surface area contributed by atoms with Gasteiger partial charge >= 0.3 is 0 Å². The molecule has 1 amide bonds. The first-order valence-electron chi connectivity index (χ1n) is 7.30. The Balaban J connectivity index is 0.00000192. The van der Waals surface area contributed by atoms with Crippen molar-refractivity contribution in [2.24, 2.45) is 0 Å². The minimum atomic E-state index is -0.00365. The van der Waals surface area contributed by atoms with E-state index >= 15 is 0 Å². The highest BCUT2D eigenvalue weighted by Gasteiger charge is 2.16. The number of nitrogens with one attached hydrogen (secondary N) is 2. The number of thioether (sulfide) groups is 1. The van der Waals surface area contributed by atoms with E-state index < -0.39 is 0 Å². The van der Waals surface area contributed by atoms with Crippen molar-refractivity contribution in [1.82, 2.24) is 15.3 Å². The molecule has 1 aliphatic rings. The lowest BCUT2D eigenvalue weighted by atomic mass is 10.2. The maximum Gasteiger partial charge on any atom is 0.226 e. The summed E-state index contributed by atoms with van der Waals surface area (Å²) < 4.78 is 0. The van der Waals surface area contributed by atoms with Crippen molar-refractivity contribution in [2.75, 3.05) is 23.4 Å². The average Bonchev–Trinajstić information content (AvgIpc) is 2.57. The molecule has 0 bridgehead atoms. The Morgan fingerprint density at radius 3 is 2.65 bits per heavy atom. The molecule has 2 aromatic rings. The average molecular weight is 351 g/mol. The molecule has 1 atom stereocenters. The van der Waals surface area contributed by atoms with Crippen molar-refractivity contribution in [3.05, 3.63) is 42.7 Å². The van der Waals surface area contributed by atoms with Crippen LogP contribution in [0.25, 0.3) is 11.4 Å². The first-order chi connectivity index (χ1) is 10.8. The van der Waals surface area contributed by atoms with Crippen LogP contribution in [0.3, 0.4) is 0 Å². The summed E-state index contributed by atoms with van der Waals surface area (Å²) in [4.78, 5) is 20.6. The van der Waals surface area contributed by atoms with Gasteiger partial charge in [-0.15, -0.1) is 12.4 Å². The van der Waals surface area contributed by atoms with Crippen LogP contribution in [0.4, 0.5) is 5.69 Å². The molecule has 1 aromatic heterocycles. The molecule has 5 nitrogen and oxygen atoms in total. The van der Waals surface area contributed by atoms with E-state index in [1.54, 1.807) is 12.4 Å². The molecule has 2 N–H and O–H groups in total. The summed E-state index contributed by atoms with van der Waals surface area (Å²) in [6.45, 7) is 0.970. The van der Waals surface area contributed by atoms with Crippen molar-refractivity contribution in [3.8, 4) is 11.4 Å². The van der Waals surface area contributed by atoms with Crippen LogP contribution in [0, 0.1) is 0 Å². The lowest BCUT2D eigenvalue weighted by Gasteiger charge is -2.22. The Bertz CT molecular complexity index is 618. The van der Waals surface area contributed by atoms with Crippen molar-refractivity contribution in [3.63, 3.8) is 0 Å². The molecular weight excluding hydrogens is 332 g/mol. The summed E-state index contributed by atoms with van der Waals surface area (Å²) in [5.74, 6) is 2.75. The molecule has 122 valence electrons. The van der Waals surface area contributed by atoms with E-state index in [1.165, 1.54) is 0 Å². The fourth-order valence-electron chi connectivity index (χ4n) is 2.32. The highest BCUT2D eigenvalue weighted by atomic mass is 35.5. The van der Waals surface area contributed by atoms with Gasteiger partial charge in [-0.05, 0) is 0 Å². The van der Waals surface area contributed by atoms with Gasteiger partial charge in [-0.2, -0.15) is 11.8 Å². The number of aromatic nitrogens is 2. The van der Waals surface area contributed by atoms with E-state index in [-0.39, 0.29) is 24.4 Å². The first kappa shape index (κ1) is 17.7. The molecule has 1 aliphatic heterocycles. The number of anilines is 1. The number of hydrogen-bond donors (Lipinski definition) is 2. The van der Waals surface area contributed by atoms with Crippen LogP contribution in [0.1, 0.15) is 6.42 Å². The number of benzene rings is 1. The Kier molecular flexibility index (Phi) is 6.83. The smallest absolute Gasteiger partial charge is 0.226 e. The number of halogens is 1. The van der Waals surface area contributed by atoms with E-state index in [9.17, 15) is 4.79 Å². The van der Waals surface area contributed by atoms with Gasteiger partial charge in [-0.25, -0.2) is 9.97 Å². The summed E-state index contributed by atoms with van der Waals surface area (Å²) in [7, 11) is 0. The molecule has 1 saturated heterocycles. The third-order valence-corrected chi connectivity index (χ3v) is 4.53. The van der Waals surface area contributed by atoms with E-state index in [2.05, 4.69) is 20.6 Å². The summed E-state index contributed by atoms with van der Waals surface area (Å²) >= 11 is 1.88. The molecule has 0 aliphatic carbocycles. The monoisotopic (exact) mass is 350 g/mol. The largest absolute Gasteiger partial charge is 0.323 e. The fraction of sp³-hybridized carbons (Fsp3) is 0.312. The minimum absolute atomic E-state index is 0. The number of nitrogens with zero attached hydrogens (tertiary/aromatic N) is 2. The topological polar surface area (TPSA) is 66.9 Å². The molecule has 23 heavy (non-hydrogen) atoms. The van der Waals surface area contributed by atoms with Crippen LogP contribution in [0.15, 0.2) is 42.7 Å². The lowest BCUT2D eigenvalue weighted by molar-refractivity contribution is -0.116. The van der Waals surface area contributed by atoms with Crippen LogP contribution in [-0.2, 0) is 4.79 Å². The van der Waals surface area contributed by atoms with Gasteiger partial charge in [0.15, 0.2) is 5.82 Å². The molecule has 1 fully saturated rings. The maximum absolute atomic E-state index is 12.0. The van der Waals surface area contributed by atoms with Crippen LogP contribution in [0.5, 0.6) is 0 Å². The van der Waals surface area contributed by atoms with E-state index in [4.69, 9.17) is 0 Å². The van der Waals surface area contributed by atoms with E-state index in [0.29, 0.717) is 17.9 Å².